The van der Waals surface area contributed by atoms with Gasteiger partial charge in [-0.1, -0.05) is 26.7 Å². The lowest BCUT2D eigenvalue weighted by Gasteiger charge is -2.34. The third kappa shape index (κ3) is 3.82. The number of amides is 1. The second kappa shape index (κ2) is 6.11. The molecule has 0 aromatic rings. The first-order valence-electron chi connectivity index (χ1n) is 6.09. The summed E-state index contributed by atoms with van der Waals surface area (Å²) in [5, 5.41) is 6.04. The van der Waals surface area contributed by atoms with Crippen molar-refractivity contribution in [2.75, 3.05) is 13.6 Å². The quantitative estimate of drug-likeness (QED) is 0.742. The molecule has 88 valence electrons. The van der Waals surface area contributed by atoms with Crippen LogP contribution >= 0.6 is 0 Å². The second-order valence-electron chi connectivity index (χ2n) is 4.85. The maximum absolute atomic E-state index is 11.2. The van der Waals surface area contributed by atoms with E-state index in [1.54, 1.807) is 7.05 Å². The third-order valence-electron chi connectivity index (χ3n) is 3.48. The first-order valence-corrected chi connectivity index (χ1v) is 6.09. The van der Waals surface area contributed by atoms with Gasteiger partial charge in [0, 0.05) is 13.1 Å². The molecule has 0 bridgehead atoms. The molecule has 2 atom stereocenters. The standard InChI is InChI=1S/C12H24N2O/c1-9(2)10-6-4-5-7-11(10)14-8-12(15)13-3/h9-11,14H,4-8H2,1-3H3,(H,13,15). The summed E-state index contributed by atoms with van der Waals surface area (Å²) < 4.78 is 0. The van der Waals surface area contributed by atoms with Crippen molar-refractivity contribution in [3.05, 3.63) is 0 Å². The molecule has 3 nitrogen and oxygen atoms in total. The highest BCUT2D eigenvalue weighted by molar-refractivity contribution is 5.77. The summed E-state index contributed by atoms with van der Waals surface area (Å²) in [4.78, 5) is 11.2. The molecule has 0 aliphatic heterocycles. The predicted molar refractivity (Wildman–Crippen MR) is 62.7 cm³/mol. The fraction of sp³-hybridized carbons (Fsp3) is 0.917. The largest absolute Gasteiger partial charge is 0.358 e. The Kier molecular flexibility index (Phi) is 5.09. The summed E-state index contributed by atoms with van der Waals surface area (Å²) in [7, 11) is 1.69. The van der Waals surface area contributed by atoms with Gasteiger partial charge in [-0.05, 0) is 24.7 Å². The molecule has 15 heavy (non-hydrogen) atoms. The van der Waals surface area contributed by atoms with Gasteiger partial charge in [0.2, 0.25) is 5.91 Å². The van der Waals surface area contributed by atoms with Gasteiger partial charge < -0.3 is 10.6 Å². The van der Waals surface area contributed by atoms with Crippen LogP contribution in [0.4, 0.5) is 0 Å². The summed E-state index contributed by atoms with van der Waals surface area (Å²) in [5.41, 5.74) is 0. The van der Waals surface area contributed by atoms with Gasteiger partial charge >= 0.3 is 0 Å². The van der Waals surface area contributed by atoms with E-state index >= 15 is 0 Å². The molecule has 1 saturated carbocycles. The lowest BCUT2D eigenvalue weighted by molar-refractivity contribution is -0.120. The molecule has 1 rings (SSSR count). The van der Waals surface area contributed by atoms with Crippen LogP contribution in [0.15, 0.2) is 0 Å². The molecule has 1 amide bonds. The van der Waals surface area contributed by atoms with E-state index in [0.717, 1.165) is 5.92 Å². The van der Waals surface area contributed by atoms with Gasteiger partial charge in [-0.15, -0.1) is 0 Å². The van der Waals surface area contributed by atoms with E-state index in [1.165, 1.54) is 25.7 Å². The number of carbonyl (C=O) groups excluding carboxylic acids is 1. The van der Waals surface area contributed by atoms with Crippen LogP contribution in [0.3, 0.4) is 0 Å². The SMILES string of the molecule is CNC(=O)CNC1CCCCC1C(C)C. The zero-order chi connectivity index (χ0) is 11.3. The number of rotatable bonds is 4. The second-order valence-corrected chi connectivity index (χ2v) is 4.85. The van der Waals surface area contributed by atoms with Gasteiger partial charge in [-0.2, -0.15) is 0 Å². The first kappa shape index (κ1) is 12.5. The van der Waals surface area contributed by atoms with Crippen molar-refractivity contribution >= 4 is 5.91 Å². The molecular formula is C12H24N2O. The average molecular weight is 212 g/mol. The lowest BCUT2D eigenvalue weighted by Crippen LogP contribution is -2.44. The normalized spacial score (nSPS) is 26.7. The Balaban J connectivity index is 2.39. The van der Waals surface area contributed by atoms with Crippen molar-refractivity contribution < 1.29 is 4.79 Å². The zero-order valence-corrected chi connectivity index (χ0v) is 10.2. The van der Waals surface area contributed by atoms with Gasteiger partial charge in [-0.25, -0.2) is 0 Å². The van der Waals surface area contributed by atoms with Crippen molar-refractivity contribution in [3.63, 3.8) is 0 Å². The third-order valence-corrected chi connectivity index (χ3v) is 3.48. The van der Waals surface area contributed by atoms with E-state index in [2.05, 4.69) is 24.5 Å². The number of hydrogen-bond acceptors (Lipinski definition) is 2. The molecule has 2 N–H and O–H groups in total. The predicted octanol–water partition coefficient (Wildman–Crippen LogP) is 1.54. The minimum Gasteiger partial charge on any atom is -0.358 e. The molecule has 0 heterocycles. The summed E-state index contributed by atoms with van der Waals surface area (Å²) in [6.45, 7) is 5.03. The zero-order valence-electron chi connectivity index (χ0n) is 10.2. The summed E-state index contributed by atoms with van der Waals surface area (Å²) >= 11 is 0. The highest BCUT2D eigenvalue weighted by atomic mass is 16.1. The van der Waals surface area contributed by atoms with Crippen LogP contribution in [-0.4, -0.2) is 25.5 Å². The minimum atomic E-state index is 0.0862. The number of hydrogen-bond donors (Lipinski definition) is 2. The van der Waals surface area contributed by atoms with Gasteiger partial charge in [0.25, 0.3) is 0 Å². The molecular weight excluding hydrogens is 188 g/mol. The minimum absolute atomic E-state index is 0.0862. The van der Waals surface area contributed by atoms with E-state index < -0.39 is 0 Å². The van der Waals surface area contributed by atoms with Crippen LogP contribution in [0.2, 0.25) is 0 Å². The van der Waals surface area contributed by atoms with Gasteiger partial charge in [0.15, 0.2) is 0 Å². The van der Waals surface area contributed by atoms with Crippen LogP contribution in [-0.2, 0) is 4.79 Å². The van der Waals surface area contributed by atoms with Crippen molar-refractivity contribution in [2.45, 2.75) is 45.6 Å². The van der Waals surface area contributed by atoms with Gasteiger partial charge in [0.1, 0.15) is 0 Å². The van der Waals surface area contributed by atoms with E-state index in [-0.39, 0.29) is 5.91 Å². The van der Waals surface area contributed by atoms with Gasteiger partial charge in [0.05, 0.1) is 6.54 Å². The molecule has 3 heteroatoms. The van der Waals surface area contributed by atoms with E-state index in [0.29, 0.717) is 18.5 Å². The summed E-state index contributed by atoms with van der Waals surface area (Å²) in [6.07, 6.45) is 5.18. The summed E-state index contributed by atoms with van der Waals surface area (Å²) in [5.74, 6) is 1.54. The Morgan fingerprint density at radius 1 is 1.33 bits per heavy atom. The Labute approximate surface area is 93.0 Å². The molecule has 1 aliphatic carbocycles. The van der Waals surface area contributed by atoms with Crippen molar-refractivity contribution in [2.24, 2.45) is 11.8 Å². The number of likely N-dealkylation sites (N-methyl/N-ethyl adjacent to an activating group) is 1. The molecule has 0 saturated heterocycles. The maximum atomic E-state index is 11.2. The first-order chi connectivity index (χ1) is 7.15. The van der Waals surface area contributed by atoms with Crippen molar-refractivity contribution in [1.29, 1.82) is 0 Å². The van der Waals surface area contributed by atoms with Crippen LogP contribution in [0.5, 0.6) is 0 Å². The highest BCUT2D eigenvalue weighted by Gasteiger charge is 2.27. The maximum Gasteiger partial charge on any atom is 0.233 e. The Morgan fingerprint density at radius 2 is 2.00 bits per heavy atom. The Morgan fingerprint density at radius 3 is 2.60 bits per heavy atom. The topological polar surface area (TPSA) is 41.1 Å². The van der Waals surface area contributed by atoms with Gasteiger partial charge in [-0.3, -0.25) is 4.79 Å². The number of carbonyl (C=O) groups is 1. The molecule has 1 aliphatic rings. The van der Waals surface area contributed by atoms with Crippen LogP contribution in [0.25, 0.3) is 0 Å². The van der Waals surface area contributed by atoms with Crippen LogP contribution in [0, 0.1) is 11.8 Å². The fourth-order valence-corrected chi connectivity index (χ4v) is 2.52. The van der Waals surface area contributed by atoms with E-state index in [1.807, 2.05) is 0 Å². The number of nitrogens with one attached hydrogen (secondary N) is 2. The molecule has 0 spiro atoms. The lowest BCUT2D eigenvalue weighted by atomic mass is 9.78. The van der Waals surface area contributed by atoms with E-state index in [9.17, 15) is 4.79 Å². The van der Waals surface area contributed by atoms with Crippen LogP contribution in [0.1, 0.15) is 39.5 Å². The fourth-order valence-electron chi connectivity index (χ4n) is 2.52. The summed E-state index contributed by atoms with van der Waals surface area (Å²) in [6, 6.07) is 0.538. The Hall–Kier alpha value is -0.570. The van der Waals surface area contributed by atoms with Crippen LogP contribution < -0.4 is 10.6 Å². The monoisotopic (exact) mass is 212 g/mol. The van der Waals surface area contributed by atoms with Crippen molar-refractivity contribution in [3.8, 4) is 0 Å². The van der Waals surface area contributed by atoms with E-state index in [4.69, 9.17) is 0 Å². The highest BCUT2D eigenvalue weighted by Crippen LogP contribution is 2.29. The molecule has 0 aromatic heterocycles. The molecule has 1 fully saturated rings. The Bertz CT molecular complexity index is 204. The average Bonchev–Trinajstić information content (AvgIpc) is 2.26. The smallest absolute Gasteiger partial charge is 0.233 e. The molecule has 0 aromatic carbocycles. The molecule has 2 unspecified atom stereocenters. The molecule has 0 radical (unpaired) electrons. The van der Waals surface area contributed by atoms with Crippen molar-refractivity contribution in [1.82, 2.24) is 10.6 Å².